The second kappa shape index (κ2) is 13.4. The van der Waals surface area contributed by atoms with Crippen LogP contribution in [0.4, 0.5) is 5.82 Å². The monoisotopic (exact) mass is 545 g/mol. The van der Waals surface area contributed by atoms with Crippen LogP contribution in [0.2, 0.25) is 0 Å². The third-order valence-electron chi connectivity index (χ3n) is 5.87. The summed E-state index contributed by atoms with van der Waals surface area (Å²) >= 11 is 0. The molecule has 1 N–H and O–H groups in total. The van der Waals surface area contributed by atoms with E-state index in [9.17, 15) is 0 Å². The van der Waals surface area contributed by atoms with Gasteiger partial charge in [-0.3, -0.25) is 0 Å². The summed E-state index contributed by atoms with van der Waals surface area (Å²) in [6.07, 6.45) is 5.98. The second-order valence-corrected chi connectivity index (χ2v) is 8.62. The minimum Gasteiger partial charge on any atom is -0.381 e. The van der Waals surface area contributed by atoms with Crippen molar-refractivity contribution in [2.45, 2.75) is 58.8 Å². The van der Waals surface area contributed by atoms with Crippen LogP contribution in [0, 0.1) is 5.92 Å². The topological polar surface area (TPSA) is 62.2 Å². The molecule has 3 rings (SSSR count). The maximum atomic E-state index is 5.83. The molecular weight excluding hydrogens is 505 g/mol. The Kier molecular flexibility index (Phi) is 11.3. The summed E-state index contributed by atoms with van der Waals surface area (Å²) in [5.74, 6) is 2.75. The predicted molar refractivity (Wildman–Crippen MR) is 137 cm³/mol. The van der Waals surface area contributed by atoms with E-state index in [-0.39, 0.29) is 36.2 Å². The van der Waals surface area contributed by atoms with Crippen LogP contribution in [0.5, 0.6) is 0 Å². The number of hydrogen-bond acceptors (Lipinski definition) is 5. The summed E-state index contributed by atoms with van der Waals surface area (Å²) in [4.78, 5) is 14.1. The molecule has 0 bridgehead atoms. The van der Waals surface area contributed by atoms with Crippen LogP contribution in [0.1, 0.15) is 45.6 Å². The molecule has 3 heterocycles. The maximum absolute atomic E-state index is 5.83. The molecule has 2 aliphatic rings. The van der Waals surface area contributed by atoms with Crippen molar-refractivity contribution >= 4 is 35.8 Å². The lowest BCUT2D eigenvalue weighted by molar-refractivity contribution is -0.00546. The van der Waals surface area contributed by atoms with Crippen molar-refractivity contribution in [2.24, 2.45) is 10.9 Å². The Morgan fingerprint density at radius 1 is 1.23 bits per heavy atom. The first-order valence-corrected chi connectivity index (χ1v) is 11.5. The van der Waals surface area contributed by atoms with E-state index in [1.54, 1.807) is 0 Å². The molecule has 0 saturated carbocycles. The lowest BCUT2D eigenvalue weighted by Crippen LogP contribution is -2.45. The molecule has 2 saturated heterocycles. The molecule has 0 aliphatic carbocycles. The van der Waals surface area contributed by atoms with Gasteiger partial charge < -0.3 is 24.6 Å². The van der Waals surface area contributed by atoms with Crippen LogP contribution in [0.15, 0.2) is 23.3 Å². The first kappa shape index (κ1) is 26.1. The summed E-state index contributed by atoms with van der Waals surface area (Å²) in [5, 5.41) is 3.42. The minimum absolute atomic E-state index is 0. The average molecular weight is 546 g/mol. The molecule has 7 nitrogen and oxygen atoms in total. The molecule has 1 aromatic heterocycles. The van der Waals surface area contributed by atoms with Crippen LogP contribution in [-0.2, 0) is 16.0 Å². The number of hydrogen-bond donors (Lipinski definition) is 1. The third-order valence-corrected chi connectivity index (χ3v) is 5.87. The SMILES string of the molecule is CCNC(=NCc1ccc(N2CC(C)OC(C)C2)nc1)N(C)CCC1CCOCC1.I. The van der Waals surface area contributed by atoms with Crippen LogP contribution >= 0.6 is 24.0 Å². The maximum Gasteiger partial charge on any atom is 0.193 e. The fourth-order valence-electron chi connectivity index (χ4n) is 4.22. The van der Waals surface area contributed by atoms with Crippen LogP contribution in [0.25, 0.3) is 0 Å². The number of aromatic nitrogens is 1. The number of nitrogens with zero attached hydrogens (tertiary/aromatic N) is 4. The Balaban J connectivity index is 0.00000341. The number of guanidine groups is 1. The van der Waals surface area contributed by atoms with Gasteiger partial charge in [-0.15, -0.1) is 24.0 Å². The van der Waals surface area contributed by atoms with Gasteiger partial charge >= 0.3 is 0 Å². The smallest absolute Gasteiger partial charge is 0.193 e. The summed E-state index contributed by atoms with van der Waals surface area (Å²) in [6, 6.07) is 4.25. The number of nitrogens with one attached hydrogen (secondary N) is 1. The number of halogens is 1. The first-order chi connectivity index (χ1) is 14.5. The molecule has 0 aromatic carbocycles. The molecule has 2 aliphatic heterocycles. The van der Waals surface area contributed by atoms with Gasteiger partial charge in [-0.1, -0.05) is 6.07 Å². The van der Waals surface area contributed by atoms with Gasteiger partial charge in [0.2, 0.25) is 0 Å². The van der Waals surface area contributed by atoms with E-state index >= 15 is 0 Å². The van der Waals surface area contributed by atoms with Gasteiger partial charge in [-0.2, -0.15) is 0 Å². The Morgan fingerprint density at radius 2 is 1.94 bits per heavy atom. The van der Waals surface area contributed by atoms with Crippen molar-refractivity contribution < 1.29 is 9.47 Å². The number of anilines is 1. The number of ether oxygens (including phenoxy) is 2. The molecule has 1 aromatic rings. The van der Waals surface area contributed by atoms with Crippen LogP contribution < -0.4 is 10.2 Å². The Hall–Kier alpha value is -1.13. The molecule has 31 heavy (non-hydrogen) atoms. The lowest BCUT2D eigenvalue weighted by Gasteiger charge is -2.36. The zero-order chi connectivity index (χ0) is 21.3. The zero-order valence-electron chi connectivity index (χ0n) is 19.5. The Bertz CT molecular complexity index is 656. The number of rotatable bonds is 7. The van der Waals surface area contributed by atoms with Gasteiger partial charge in [0.1, 0.15) is 5.82 Å². The van der Waals surface area contributed by atoms with Crippen molar-refractivity contribution in [1.29, 1.82) is 0 Å². The molecular formula is C23H40IN5O2. The average Bonchev–Trinajstić information content (AvgIpc) is 2.75. The number of aliphatic imine (C=N–C) groups is 1. The highest BCUT2D eigenvalue weighted by molar-refractivity contribution is 14.0. The van der Waals surface area contributed by atoms with Crippen LogP contribution in [0.3, 0.4) is 0 Å². The van der Waals surface area contributed by atoms with Gasteiger partial charge in [0, 0.05) is 52.6 Å². The first-order valence-electron chi connectivity index (χ1n) is 11.5. The summed E-state index contributed by atoms with van der Waals surface area (Å²) in [6.45, 7) is 12.5. The number of morpholine rings is 1. The van der Waals surface area contributed by atoms with E-state index in [0.29, 0.717) is 6.54 Å². The highest BCUT2D eigenvalue weighted by atomic mass is 127. The van der Waals surface area contributed by atoms with Crippen LogP contribution in [-0.4, -0.2) is 74.5 Å². The van der Waals surface area contributed by atoms with Gasteiger partial charge in [0.05, 0.1) is 18.8 Å². The van der Waals surface area contributed by atoms with E-state index in [1.165, 1.54) is 19.3 Å². The van der Waals surface area contributed by atoms with E-state index in [4.69, 9.17) is 19.5 Å². The van der Waals surface area contributed by atoms with Gasteiger partial charge in [0.25, 0.3) is 0 Å². The fourth-order valence-corrected chi connectivity index (χ4v) is 4.22. The van der Waals surface area contributed by atoms with Gasteiger partial charge in [0.15, 0.2) is 5.96 Å². The molecule has 0 spiro atoms. The largest absolute Gasteiger partial charge is 0.381 e. The highest BCUT2D eigenvalue weighted by Crippen LogP contribution is 2.20. The molecule has 2 unspecified atom stereocenters. The van der Waals surface area contributed by atoms with Crippen molar-refractivity contribution in [3.63, 3.8) is 0 Å². The molecule has 176 valence electrons. The van der Waals surface area contributed by atoms with E-state index in [1.807, 2.05) is 6.20 Å². The molecule has 0 amide bonds. The molecule has 2 atom stereocenters. The summed E-state index contributed by atoms with van der Waals surface area (Å²) in [5.41, 5.74) is 1.13. The minimum atomic E-state index is 0. The van der Waals surface area contributed by atoms with Crippen molar-refractivity contribution in [1.82, 2.24) is 15.2 Å². The van der Waals surface area contributed by atoms with Crippen molar-refractivity contribution in [3.8, 4) is 0 Å². The van der Waals surface area contributed by atoms with Gasteiger partial charge in [-0.05, 0) is 57.6 Å². The molecule has 0 radical (unpaired) electrons. The predicted octanol–water partition coefficient (Wildman–Crippen LogP) is 3.53. The Morgan fingerprint density at radius 3 is 2.55 bits per heavy atom. The van der Waals surface area contributed by atoms with Crippen molar-refractivity contribution in [2.75, 3.05) is 51.3 Å². The molecule has 8 heteroatoms. The third kappa shape index (κ3) is 8.38. The zero-order valence-corrected chi connectivity index (χ0v) is 21.9. The quantitative estimate of drug-likeness (QED) is 0.322. The normalized spacial score (nSPS) is 22.7. The fraction of sp³-hybridized carbons (Fsp3) is 0.739. The lowest BCUT2D eigenvalue weighted by atomic mass is 9.96. The van der Waals surface area contributed by atoms with E-state index in [2.05, 4.69) is 55.1 Å². The Labute approximate surface area is 205 Å². The standard InChI is InChI=1S/C23H39N5O2.HI/c1-5-24-23(27(4)11-8-20-9-12-29-13-10-20)26-15-21-6-7-22(25-14-21)28-16-18(2)30-19(3)17-28;/h6-7,14,18-20H,5,8-13,15-17H2,1-4H3,(H,24,26);1H. The number of pyridine rings is 1. The van der Waals surface area contributed by atoms with E-state index in [0.717, 1.165) is 62.7 Å². The van der Waals surface area contributed by atoms with Crippen molar-refractivity contribution in [3.05, 3.63) is 23.9 Å². The summed E-state index contributed by atoms with van der Waals surface area (Å²) < 4.78 is 11.3. The molecule has 2 fully saturated rings. The van der Waals surface area contributed by atoms with E-state index < -0.39 is 0 Å². The highest BCUT2D eigenvalue weighted by Gasteiger charge is 2.23. The second-order valence-electron chi connectivity index (χ2n) is 8.62. The summed E-state index contributed by atoms with van der Waals surface area (Å²) in [7, 11) is 2.13. The van der Waals surface area contributed by atoms with Gasteiger partial charge in [-0.25, -0.2) is 9.98 Å².